The van der Waals surface area contributed by atoms with Crippen molar-refractivity contribution >= 4 is 5.82 Å². The summed E-state index contributed by atoms with van der Waals surface area (Å²) in [7, 11) is 0. The van der Waals surface area contributed by atoms with E-state index in [0.717, 1.165) is 36.7 Å². The van der Waals surface area contributed by atoms with Gasteiger partial charge < -0.3 is 5.32 Å². The fraction of sp³-hybridized carbons (Fsp3) is 0.444. The van der Waals surface area contributed by atoms with Crippen LogP contribution in [0.5, 0.6) is 0 Å². The molecule has 0 fully saturated rings. The summed E-state index contributed by atoms with van der Waals surface area (Å²) in [5.41, 5.74) is 6.12. The Morgan fingerprint density at radius 1 is 0.905 bits per heavy atom. The van der Waals surface area contributed by atoms with E-state index in [1.54, 1.807) is 0 Å². The molecule has 0 aliphatic rings. The molecule has 0 amide bonds. The zero-order chi connectivity index (χ0) is 15.4. The number of aryl methyl sites for hydroxylation is 4. The number of nitrogens with zero attached hydrogens (tertiary/aromatic N) is 2. The first kappa shape index (κ1) is 15.5. The highest BCUT2D eigenvalue weighted by molar-refractivity contribution is 5.67. The second-order valence-electron chi connectivity index (χ2n) is 5.59. The van der Waals surface area contributed by atoms with E-state index in [0.29, 0.717) is 0 Å². The number of hydrogen-bond acceptors (Lipinski definition) is 3. The van der Waals surface area contributed by atoms with Crippen molar-refractivity contribution in [3.63, 3.8) is 0 Å². The Morgan fingerprint density at radius 2 is 1.62 bits per heavy atom. The maximum atomic E-state index is 4.76. The minimum atomic E-state index is 0.869. The van der Waals surface area contributed by atoms with Crippen LogP contribution in [0.15, 0.2) is 18.2 Å². The first-order valence-corrected chi connectivity index (χ1v) is 7.75. The number of aromatic nitrogens is 2. The van der Waals surface area contributed by atoms with Gasteiger partial charge in [0.2, 0.25) is 0 Å². The van der Waals surface area contributed by atoms with E-state index in [1.807, 2.05) is 0 Å². The van der Waals surface area contributed by atoms with E-state index < -0.39 is 0 Å². The Labute approximate surface area is 127 Å². The Hall–Kier alpha value is -1.90. The van der Waals surface area contributed by atoms with Gasteiger partial charge >= 0.3 is 0 Å². The normalized spacial score (nSPS) is 10.7. The van der Waals surface area contributed by atoms with Crippen LogP contribution >= 0.6 is 0 Å². The highest BCUT2D eigenvalue weighted by Gasteiger charge is 2.10. The minimum absolute atomic E-state index is 0.869. The number of rotatable bonds is 5. The van der Waals surface area contributed by atoms with E-state index in [1.165, 1.54) is 22.3 Å². The standard InChI is InChI=1S/C18H25N3/c1-6-8-17-20-16(11-18(21-17)19-7-2)15-10-13(4)12(3)9-14(15)5/h9-11H,6-8H2,1-5H3,(H,19,20,21). The molecule has 0 saturated heterocycles. The molecule has 0 bridgehead atoms. The highest BCUT2D eigenvalue weighted by atomic mass is 15.0. The summed E-state index contributed by atoms with van der Waals surface area (Å²) >= 11 is 0. The maximum absolute atomic E-state index is 4.76. The molecule has 1 N–H and O–H groups in total. The van der Waals surface area contributed by atoms with Crippen molar-refractivity contribution in [3.8, 4) is 11.3 Å². The van der Waals surface area contributed by atoms with Gasteiger partial charge in [-0.15, -0.1) is 0 Å². The van der Waals surface area contributed by atoms with Crippen LogP contribution in [0, 0.1) is 20.8 Å². The van der Waals surface area contributed by atoms with Gasteiger partial charge in [-0.05, 0) is 56.9 Å². The van der Waals surface area contributed by atoms with Crippen LogP contribution in [0.4, 0.5) is 5.82 Å². The average Bonchev–Trinajstić information content (AvgIpc) is 2.43. The highest BCUT2D eigenvalue weighted by Crippen LogP contribution is 2.26. The predicted octanol–water partition coefficient (Wildman–Crippen LogP) is 4.45. The van der Waals surface area contributed by atoms with Crippen molar-refractivity contribution in [2.45, 2.75) is 47.5 Å². The lowest BCUT2D eigenvalue weighted by Crippen LogP contribution is -2.05. The second-order valence-corrected chi connectivity index (χ2v) is 5.59. The third kappa shape index (κ3) is 3.60. The zero-order valence-electron chi connectivity index (χ0n) is 13.7. The van der Waals surface area contributed by atoms with Gasteiger partial charge in [-0.2, -0.15) is 0 Å². The van der Waals surface area contributed by atoms with Crippen molar-refractivity contribution in [3.05, 3.63) is 40.7 Å². The molecule has 0 atom stereocenters. The van der Waals surface area contributed by atoms with Gasteiger partial charge in [0.1, 0.15) is 11.6 Å². The summed E-state index contributed by atoms with van der Waals surface area (Å²) < 4.78 is 0. The van der Waals surface area contributed by atoms with Crippen LogP contribution in [0.3, 0.4) is 0 Å². The molecule has 3 nitrogen and oxygen atoms in total. The molecule has 1 heterocycles. The Kier molecular flexibility index (Phi) is 4.94. The average molecular weight is 283 g/mol. The van der Waals surface area contributed by atoms with E-state index in [-0.39, 0.29) is 0 Å². The lowest BCUT2D eigenvalue weighted by Gasteiger charge is -2.12. The molecular weight excluding hydrogens is 258 g/mol. The second kappa shape index (κ2) is 6.70. The summed E-state index contributed by atoms with van der Waals surface area (Å²) in [6.45, 7) is 11.6. The first-order chi connectivity index (χ1) is 10.0. The molecular formula is C18H25N3. The molecule has 2 aromatic rings. The fourth-order valence-corrected chi connectivity index (χ4v) is 2.48. The topological polar surface area (TPSA) is 37.8 Å². The summed E-state index contributed by atoms with van der Waals surface area (Å²) in [5, 5.41) is 3.31. The number of anilines is 1. The van der Waals surface area contributed by atoms with Gasteiger partial charge in [0.05, 0.1) is 5.69 Å². The fourth-order valence-electron chi connectivity index (χ4n) is 2.48. The molecule has 1 aromatic carbocycles. The molecule has 1 aromatic heterocycles. The van der Waals surface area contributed by atoms with Crippen molar-refractivity contribution in [2.75, 3.05) is 11.9 Å². The van der Waals surface area contributed by atoms with Gasteiger partial charge in [-0.25, -0.2) is 9.97 Å². The molecule has 0 spiro atoms. The maximum Gasteiger partial charge on any atom is 0.131 e. The van der Waals surface area contributed by atoms with E-state index in [4.69, 9.17) is 4.98 Å². The van der Waals surface area contributed by atoms with Gasteiger partial charge in [0.25, 0.3) is 0 Å². The van der Waals surface area contributed by atoms with Crippen molar-refractivity contribution in [1.29, 1.82) is 0 Å². The summed E-state index contributed by atoms with van der Waals surface area (Å²) in [4.78, 5) is 9.34. The third-order valence-electron chi connectivity index (χ3n) is 3.72. The van der Waals surface area contributed by atoms with E-state index in [2.05, 4.69) is 63.1 Å². The van der Waals surface area contributed by atoms with Gasteiger partial charge in [0, 0.05) is 24.6 Å². The Balaban J connectivity index is 2.54. The minimum Gasteiger partial charge on any atom is -0.370 e. The lowest BCUT2D eigenvalue weighted by atomic mass is 9.98. The van der Waals surface area contributed by atoms with E-state index in [9.17, 15) is 0 Å². The van der Waals surface area contributed by atoms with E-state index >= 15 is 0 Å². The largest absolute Gasteiger partial charge is 0.370 e. The molecule has 2 rings (SSSR count). The van der Waals surface area contributed by atoms with Gasteiger partial charge in [0.15, 0.2) is 0 Å². The van der Waals surface area contributed by atoms with Crippen LogP contribution < -0.4 is 5.32 Å². The van der Waals surface area contributed by atoms with Crippen LogP contribution in [-0.4, -0.2) is 16.5 Å². The number of hydrogen-bond donors (Lipinski definition) is 1. The number of nitrogens with one attached hydrogen (secondary N) is 1. The van der Waals surface area contributed by atoms with Crippen LogP contribution in [0.1, 0.15) is 42.8 Å². The molecule has 112 valence electrons. The summed E-state index contributed by atoms with van der Waals surface area (Å²) in [6, 6.07) is 6.53. The Bertz CT molecular complexity index is 608. The molecule has 0 aliphatic heterocycles. The lowest BCUT2D eigenvalue weighted by molar-refractivity contribution is 0.836. The molecule has 21 heavy (non-hydrogen) atoms. The van der Waals surface area contributed by atoms with Gasteiger partial charge in [-0.3, -0.25) is 0 Å². The predicted molar refractivity (Wildman–Crippen MR) is 89.8 cm³/mol. The quantitative estimate of drug-likeness (QED) is 0.880. The molecule has 0 unspecified atom stereocenters. The number of benzene rings is 1. The molecule has 0 saturated carbocycles. The molecule has 0 aliphatic carbocycles. The SMILES string of the molecule is CCCc1nc(NCC)cc(-c2cc(C)c(C)cc2C)n1. The molecule has 0 radical (unpaired) electrons. The zero-order valence-corrected chi connectivity index (χ0v) is 13.7. The summed E-state index contributed by atoms with van der Waals surface area (Å²) in [6.07, 6.45) is 1.97. The summed E-state index contributed by atoms with van der Waals surface area (Å²) in [5.74, 6) is 1.84. The van der Waals surface area contributed by atoms with Gasteiger partial charge in [-0.1, -0.05) is 13.0 Å². The molecule has 3 heteroatoms. The smallest absolute Gasteiger partial charge is 0.131 e. The van der Waals surface area contributed by atoms with Crippen molar-refractivity contribution in [1.82, 2.24) is 9.97 Å². The van der Waals surface area contributed by atoms with Crippen molar-refractivity contribution in [2.24, 2.45) is 0 Å². The van der Waals surface area contributed by atoms with Crippen LogP contribution in [0.25, 0.3) is 11.3 Å². The third-order valence-corrected chi connectivity index (χ3v) is 3.72. The Morgan fingerprint density at radius 3 is 2.29 bits per heavy atom. The first-order valence-electron chi connectivity index (χ1n) is 7.75. The monoisotopic (exact) mass is 283 g/mol. The van der Waals surface area contributed by atoms with Crippen LogP contribution in [0.2, 0.25) is 0 Å². The van der Waals surface area contributed by atoms with Crippen LogP contribution in [-0.2, 0) is 6.42 Å². The van der Waals surface area contributed by atoms with Crippen molar-refractivity contribution < 1.29 is 0 Å².